The van der Waals surface area contributed by atoms with E-state index in [4.69, 9.17) is 0 Å². The molecule has 17 heavy (non-hydrogen) atoms. The molecular formula is C14H13BrOS. The Kier molecular flexibility index (Phi) is 3.79. The first-order valence-corrected chi connectivity index (χ1v) is 7.11. The van der Waals surface area contributed by atoms with Crippen LogP contribution >= 0.6 is 27.3 Å². The van der Waals surface area contributed by atoms with Gasteiger partial charge in [-0.3, -0.25) is 4.79 Å². The average molecular weight is 309 g/mol. The van der Waals surface area contributed by atoms with Crippen molar-refractivity contribution in [1.29, 1.82) is 0 Å². The fourth-order valence-corrected chi connectivity index (χ4v) is 3.31. The van der Waals surface area contributed by atoms with Gasteiger partial charge in [0.15, 0.2) is 5.78 Å². The summed E-state index contributed by atoms with van der Waals surface area (Å²) in [7, 11) is 0. The largest absolute Gasteiger partial charge is 0.293 e. The smallest absolute Gasteiger partial charge is 0.172 e. The lowest BCUT2D eigenvalue weighted by molar-refractivity contribution is 0.0992. The molecule has 2 rings (SSSR count). The summed E-state index contributed by atoms with van der Waals surface area (Å²) in [6, 6.07) is 10.2. The second-order valence-corrected chi connectivity index (χ2v) is 5.96. The Morgan fingerprint density at radius 2 is 2.06 bits per heavy atom. The van der Waals surface area contributed by atoms with Gasteiger partial charge in [-0.1, -0.05) is 28.9 Å². The summed E-state index contributed by atoms with van der Waals surface area (Å²) in [5.41, 5.74) is 2.38. The van der Waals surface area contributed by atoms with Crippen LogP contribution in [0, 0.1) is 6.92 Å². The first-order chi connectivity index (χ1) is 8.10. The minimum Gasteiger partial charge on any atom is -0.293 e. The lowest BCUT2D eigenvalue weighted by Gasteiger charge is -2.01. The molecule has 0 atom stereocenters. The molecular weight excluding hydrogens is 296 g/mol. The summed E-state index contributed by atoms with van der Waals surface area (Å²) < 4.78 is 1.07. The quantitative estimate of drug-likeness (QED) is 0.723. The molecule has 1 aromatic heterocycles. The molecule has 1 nitrogen and oxygen atoms in total. The minimum absolute atomic E-state index is 0.216. The zero-order valence-electron chi connectivity index (χ0n) is 9.79. The van der Waals surface area contributed by atoms with Crippen molar-refractivity contribution >= 4 is 33.0 Å². The molecule has 0 saturated heterocycles. The van der Waals surface area contributed by atoms with E-state index in [1.165, 1.54) is 5.56 Å². The van der Waals surface area contributed by atoms with E-state index in [0.717, 1.165) is 19.8 Å². The number of halogens is 1. The van der Waals surface area contributed by atoms with Crippen molar-refractivity contribution in [2.75, 3.05) is 0 Å². The number of Topliss-reactive ketones (excluding diaryl/α,β-unsaturated/α-hetero) is 1. The second kappa shape index (κ2) is 5.15. The predicted octanol–water partition coefficient (Wildman–Crippen LogP) is 5.08. The highest BCUT2D eigenvalue weighted by atomic mass is 79.9. The summed E-state index contributed by atoms with van der Waals surface area (Å²) in [5.74, 6) is 0.216. The lowest BCUT2D eigenvalue weighted by atomic mass is 10.1. The van der Waals surface area contributed by atoms with Gasteiger partial charge in [0.25, 0.3) is 0 Å². The highest BCUT2D eigenvalue weighted by Gasteiger charge is 2.08. The molecule has 0 spiro atoms. The third-order valence-electron chi connectivity index (χ3n) is 2.53. The van der Waals surface area contributed by atoms with Gasteiger partial charge >= 0.3 is 0 Å². The SMILES string of the molecule is CCC(=O)c1ccc(-c2cc(C)cc(Br)c2)s1. The number of aryl methyl sites for hydroxylation is 1. The van der Waals surface area contributed by atoms with E-state index in [0.29, 0.717) is 6.42 Å². The maximum atomic E-state index is 11.6. The summed E-state index contributed by atoms with van der Waals surface area (Å²) in [6.45, 7) is 3.96. The molecule has 1 aromatic carbocycles. The molecule has 0 aliphatic rings. The molecule has 0 saturated carbocycles. The summed E-state index contributed by atoms with van der Waals surface area (Å²) in [6.07, 6.45) is 0.567. The van der Waals surface area contributed by atoms with E-state index in [1.54, 1.807) is 11.3 Å². The Balaban J connectivity index is 2.40. The topological polar surface area (TPSA) is 17.1 Å². The normalized spacial score (nSPS) is 10.5. The number of carbonyl (C=O) groups excluding carboxylic acids is 1. The Morgan fingerprint density at radius 3 is 2.71 bits per heavy atom. The van der Waals surface area contributed by atoms with Crippen LogP contribution in [0.2, 0.25) is 0 Å². The number of carbonyl (C=O) groups is 1. The van der Waals surface area contributed by atoms with Crippen LogP contribution < -0.4 is 0 Å². The Hall–Kier alpha value is -0.930. The number of benzene rings is 1. The predicted molar refractivity (Wildman–Crippen MR) is 76.8 cm³/mol. The van der Waals surface area contributed by atoms with Gasteiger partial charge in [0.1, 0.15) is 0 Å². The van der Waals surface area contributed by atoms with Crippen LogP contribution in [0.25, 0.3) is 10.4 Å². The Bertz CT molecular complexity index is 537. The van der Waals surface area contributed by atoms with Crippen molar-refractivity contribution in [3.05, 3.63) is 45.2 Å². The van der Waals surface area contributed by atoms with Crippen molar-refractivity contribution in [2.45, 2.75) is 20.3 Å². The van der Waals surface area contributed by atoms with Crippen molar-refractivity contribution in [3.63, 3.8) is 0 Å². The first kappa shape index (κ1) is 12.5. The fourth-order valence-electron chi connectivity index (χ4n) is 1.70. The highest BCUT2D eigenvalue weighted by Crippen LogP contribution is 2.31. The number of ketones is 1. The average Bonchev–Trinajstić information content (AvgIpc) is 2.76. The molecule has 0 fully saturated rings. The second-order valence-electron chi connectivity index (χ2n) is 3.96. The van der Waals surface area contributed by atoms with Crippen LogP contribution in [0.1, 0.15) is 28.6 Å². The van der Waals surface area contributed by atoms with Crippen molar-refractivity contribution in [3.8, 4) is 10.4 Å². The van der Waals surface area contributed by atoms with Gasteiger partial charge in [-0.2, -0.15) is 0 Å². The summed E-state index contributed by atoms with van der Waals surface area (Å²) in [5, 5.41) is 0. The van der Waals surface area contributed by atoms with Gasteiger partial charge in [0, 0.05) is 15.8 Å². The standard InChI is InChI=1S/C14H13BrOS/c1-3-12(16)14-5-4-13(17-14)10-6-9(2)7-11(15)8-10/h4-8H,3H2,1-2H3. The maximum Gasteiger partial charge on any atom is 0.172 e. The minimum atomic E-state index is 0.216. The lowest BCUT2D eigenvalue weighted by Crippen LogP contribution is -1.90. The van der Waals surface area contributed by atoms with Gasteiger partial charge in [-0.15, -0.1) is 11.3 Å². The van der Waals surface area contributed by atoms with E-state index in [-0.39, 0.29) is 5.78 Å². The van der Waals surface area contributed by atoms with Crippen LogP contribution in [0.5, 0.6) is 0 Å². The van der Waals surface area contributed by atoms with Crippen LogP contribution in [0.3, 0.4) is 0 Å². The van der Waals surface area contributed by atoms with Gasteiger partial charge < -0.3 is 0 Å². The van der Waals surface area contributed by atoms with Gasteiger partial charge in [-0.05, 0) is 42.3 Å². The molecule has 1 heterocycles. The highest BCUT2D eigenvalue weighted by molar-refractivity contribution is 9.10. The molecule has 88 valence electrons. The number of hydrogen-bond acceptors (Lipinski definition) is 2. The molecule has 3 heteroatoms. The van der Waals surface area contributed by atoms with E-state index < -0.39 is 0 Å². The van der Waals surface area contributed by atoms with Gasteiger partial charge in [0.05, 0.1) is 4.88 Å². The maximum absolute atomic E-state index is 11.6. The molecule has 0 radical (unpaired) electrons. The van der Waals surface area contributed by atoms with E-state index in [2.05, 4.69) is 41.1 Å². The van der Waals surface area contributed by atoms with Gasteiger partial charge in [-0.25, -0.2) is 0 Å². The molecule has 0 bridgehead atoms. The Morgan fingerprint density at radius 1 is 1.29 bits per heavy atom. The number of thiophene rings is 1. The fraction of sp³-hybridized carbons (Fsp3) is 0.214. The van der Waals surface area contributed by atoms with Crippen molar-refractivity contribution < 1.29 is 4.79 Å². The Labute approximate surface area is 114 Å². The first-order valence-electron chi connectivity index (χ1n) is 5.50. The van der Waals surface area contributed by atoms with E-state index >= 15 is 0 Å². The third kappa shape index (κ3) is 2.85. The van der Waals surface area contributed by atoms with E-state index in [9.17, 15) is 4.79 Å². The molecule has 0 N–H and O–H groups in total. The summed E-state index contributed by atoms with van der Waals surface area (Å²) in [4.78, 5) is 13.6. The molecule has 0 unspecified atom stereocenters. The number of rotatable bonds is 3. The molecule has 2 aromatic rings. The monoisotopic (exact) mass is 308 g/mol. The van der Waals surface area contributed by atoms with Crippen LogP contribution in [-0.2, 0) is 0 Å². The number of hydrogen-bond donors (Lipinski definition) is 0. The van der Waals surface area contributed by atoms with Crippen LogP contribution in [0.4, 0.5) is 0 Å². The van der Waals surface area contributed by atoms with Gasteiger partial charge in [0.2, 0.25) is 0 Å². The zero-order valence-corrected chi connectivity index (χ0v) is 12.2. The molecule has 0 aliphatic carbocycles. The summed E-state index contributed by atoms with van der Waals surface area (Å²) >= 11 is 5.06. The molecule has 0 amide bonds. The molecule has 0 aliphatic heterocycles. The third-order valence-corrected chi connectivity index (χ3v) is 4.16. The van der Waals surface area contributed by atoms with Crippen LogP contribution in [0.15, 0.2) is 34.8 Å². The van der Waals surface area contributed by atoms with Crippen molar-refractivity contribution in [1.82, 2.24) is 0 Å². The zero-order chi connectivity index (χ0) is 12.4. The van der Waals surface area contributed by atoms with Crippen molar-refractivity contribution in [2.24, 2.45) is 0 Å². The van der Waals surface area contributed by atoms with Crippen LogP contribution in [-0.4, -0.2) is 5.78 Å². The van der Waals surface area contributed by atoms with E-state index in [1.807, 2.05) is 19.1 Å².